The summed E-state index contributed by atoms with van der Waals surface area (Å²) >= 11 is 0. The van der Waals surface area contributed by atoms with Gasteiger partial charge < -0.3 is 10.1 Å². The van der Waals surface area contributed by atoms with Gasteiger partial charge in [0.25, 0.3) is 0 Å². The maximum absolute atomic E-state index is 11.1. The zero-order chi connectivity index (χ0) is 11.8. The lowest BCUT2D eigenvalue weighted by Crippen LogP contribution is -2.39. The molecule has 0 amide bonds. The average Bonchev–Trinajstić information content (AvgIpc) is 2.00. The highest BCUT2D eigenvalue weighted by Crippen LogP contribution is 1.97. The number of nitrogens with one attached hydrogen (secondary N) is 1. The van der Waals surface area contributed by atoms with Gasteiger partial charge in [-0.05, 0) is 20.8 Å². The van der Waals surface area contributed by atoms with Crippen molar-refractivity contribution in [3.05, 3.63) is 0 Å². The molecule has 5 heteroatoms. The third-order valence-electron chi connectivity index (χ3n) is 1.83. The van der Waals surface area contributed by atoms with Crippen LogP contribution in [0.5, 0.6) is 0 Å². The monoisotopic (exact) mass is 235 g/mol. The van der Waals surface area contributed by atoms with Crippen LogP contribution in [0, 0.1) is 0 Å². The lowest BCUT2D eigenvalue weighted by Gasteiger charge is -2.18. The van der Waals surface area contributed by atoms with Gasteiger partial charge in [0, 0.05) is 34.9 Å². The van der Waals surface area contributed by atoms with Crippen LogP contribution in [0.2, 0.25) is 0 Å². The first-order valence-corrected chi connectivity index (χ1v) is 6.90. The molecule has 1 N–H and O–H groups in total. The van der Waals surface area contributed by atoms with E-state index in [-0.39, 0.29) is 18.1 Å². The van der Waals surface area contributed by atoms with Gasteiger partial charge >= 0.3 is 5.97 Å². The Morgan fingerprint density at radius 2 is 2.00 bits per heavy atom. The van der Waals surface area contributed by atoms with Crippen LogP contribution in [0.25, 0.3) is 0 Å². The van der Waals surface area contributed by atoms with Gasteiger partial charge in [-0.2, -0.15) is 0 Å². The zero-order valence-electron chi connectivity index (χ0n) is 9.91. The molecule has 0 saturated heterocycles. The first kappa shape index (κ1) is 14.6. The molecule has 3 atom stereocenters. The largest absolute Gasteiger partial charge is 0.466 e. The molecule has 0 rings (SSSR count). The first-order chi connectivity index (χ1) is 6.95. The third-order valence-corrected chi connectivity index (χ3v) is 2.80. The van der Waals surface area contributed by atoms with Crippen LogP contribution in [0.3, 0.4) is 0 Å². The number of rotatable bonds is 7. The molecule has 0 radical (unpaired) electrons. The molecule has 0 aliphatic heterocycles. The summed E-state index contributed by atoms with van der Waals surface area (Å²) in [7, 11) is -0.807. The number of esters is 1. The summed E-state index contributed by atoms with van der Waals surface area (Å²) in [6, 6.07) is 0.211. The summed E-state index contributed by atoms with van der Waals surface area (Å²) in [4.78, 5) is 11.1. The van der Waals surface area contributed by atoms with E-state index in [4.69, 9.17) is 4.74 Å². The van der Waals surface area contributed by atoms with Crippen molar-refractivity contribution in [3.63, 3.8) is 0 Å². The van der Waals surface area contributed by atoms with E-state index in [9.17, 15) is 9.00 Å². The predicted molar refractivity (Wildman–Crippen MR) is 62.2 cm³/mol. The van der Waals surface area contributed by atoms with E-state index in [1.807, 2.05) is 13.8 Å². The van der Waals surface area contributed by atoms with Crippen LogP contribution in [-0.2, 0) is 20.3 Å². The van der Waals surface area contributed by atoms with Crippen LogP contribution in [0.15, 0.2) is 0 Å². The lowest BCUT2D eigenvalue weighted by atomic mass is 10.2. The molecular formula is C10H21NO3S. The highest BCUT2D eigenvalue weighted by Gasteiger charge is 2.12. The van der Waals surface area contributed by atoms with Gasteiger partial charge in [0.05, 0.1) is 13.0 Å². The summed E-state index contributed by atoms with van der Waals surface area (Å²) in [5, 5.41) is 3.21. The van der Waals surface area contributed by atoms with Gasteiger partial charge in [0.1, 0.15) is 0 Å². The van der Waals surface area contributed by atoms with Crippen LogP contribution in [0.4, 0.5) is 0 Å². The van der Waals surface area contributed by atoms with Gasteiger partial charge in [-0.3, -0.25) is 9.00 Å². The van der Waals surface area contributed by atoms with Crippen molar-refractivity contribution in [2.75, 3.05) is 18.6 Å². The minimum atomic E-state index is -0.807. The van der Waals surface area contributed by atoms with E-state index >= 15 is 0 Å². The lowest BCUT2D eigenvalue weighted by molar-refractivity contribution is -0.143. The minimum Gasteiger partial charge on any atom is -0.466 e. The molecule has 0 heterocycles. The molecule has 0 aromatic rings. The molecule has 15 heavy (non-hydrogen) atoms. The van der Waals surface area contributed by atoms with E-state index in [1.54, 1.807) is 13.2 Å². The molecule has 0 bridgehead atoms. The minimum absolute atomic E-state index is 0.0580. The Morgan fingerprint density at radius 3 is 2.47 bits per heavy atom. The Bertz CT molecular complexity index is 221. The second-order valence-corrected chi connectivity index (χ2v) is 5.20. The molecule has 0 aliphatic carbocycles. The van der Waals surface area contributed by atoms with Gasteiger partial charge in [-0.15, -0.1) is 0 Å². The Kier molecular flexibility index (Phi) is 7.60. The topological polar surface area (TPSA) is 55.4 Å². The molecule has 0 aromatic heterocycles. The Morgan fingerprint density at radius 1 is 1.40 bits per heavy atom. The summed E-state index contributed by atoms with van der Waals surface area (Å²) in [5.74, 6) is 0.412. The van der Waals surface area contributed by atoms with Crippen LogP contribution >= 0.6 is 0 Å². The van der Waals surface area contributed by atoms with Crippen molar-refractivity contribution in [2.24, 2.45) is 0 Å². The maximum Gasteiger partial charge on any atom is 0.307 e. The van der Waals surface area contributed by atoms with E-state index in [1.165, 1.54) is 0 Å². The number of hydrogen-bond acceptors (Lipinski definition) is 4. The molecule has 0 fully saturated rings. The SMILES string of the molecule is CCOC(=O)CC(C)NC(C)CS(C)=O. The van der Waals surface area contributed by atoms with E-state index in [0.717, 1.165) is 0 Å². The van der Waals surface area contributed by atoms with Crippen molar-refractivity contribution in [2.45, 2.75) is 39.3 Å². The molecule has 3 unspecified atom stereocenters. The standard InChI is InChI=1S/C10H21NO3S/c1-5-14-10(12)6-8(2)11-9(3)7-15(4)13/h8-9,11H,5-7H2,1-4H3. The number of carbonyl (C=O) groups is 1. The van der Waals surface area contributed by atoms with Gasteiger partial charge in [-0.25, -0.2) is 0 Å². The van der Waals surface area contributed by atoms with Gasteiger partial charge in [-0.1, -0.05) is 0 Å². The smallest absolute Gasteiger partial charge is 0.307 e. The highest BCUT2D eigenvalue weighted by molar-refractivity contribution is 7.84. The molecule has 0 spiro atoms. The number of ether oxygens (including phenoxy) is 1. The Labute approximate surface area is 94.2 Å². The number of hydrogen-bond donors (Lipinski definition) is 1. The van der Waals surface area contributed by atoms with Crippen molar-refractivity contribution >= 4 is 16.8 Å². The summed E-state index contributed by atoms with van der Waals surface area (Å²) in [6.07, 6.45) is 2.03. The normalized spacial score (nSPS) is 16.8. The van der Waals surface area contributed by atoms with Crippen LogP contribution < -0.4 is 5.32 Å². The first-order valence-electron chi connectivity index (χ1n) is 5.17. The van der Waals surface area contributed by atoms with Gasteiger partial charge in [0.2, 0.25) is 0 Å². The average molecular weight is 235 g/mol. The fraction of sp³-hybridized carbons (Fsp3) is 0.900. The van der Waals surface area contributed by atoms with Crippen molar-refractivity contribution in [3.8, 4) is 0 Å². The van der Waals surface area contributed by atoms with Crippen molar-refractivity contribution in [1.82, 2.24) is 5.32 Å². The third kappa shape index (κ3) is 8.57. The summed E-state index contributed by atoms with van der Waals surface area (Å²) in [6.45, 7) is 6.09. The van der Waals surface area contributed by atoms with E-state index < -0.39 is 10.8 Å². The van der Waals surface area contributed by atoms with Crippen molar-refractivity contribution < 1.29 is 13.7 Å². The summed E-state index contributed by atoms with van der Waals surface area (Å²) in [5.41, 5.74) is 0. The fourth-order valence-corrected chi connectivity index (χ4v) is 2.22. The highest BCUT2D eigenvalue weighted by atomic mass is 32.2. The van der Waals surface area contributed by atoms with E-state index in [0.29, 0.717) is 18.8 Å². The second-order valence-electron chi connectivity index (χ2n) is 3.72. The fourth-order valence-electron chi connectivity index (χ4n) is 1.41. The molecule has 0 aromatic carbocycles. The number of carbonyl (C=O) groups excluding carboxylic acids is 1. The second kappa shape index (κ2) is 7.82. The Hall–Kier alpha value is -0.420. The summed E-state index contributed by atoms with van der Waals surface area (Å²) < 4.78 is 15.8. The van der Waals surface area contributed by atoms with Crippen LogP contribution in [-0.4, -0.2) is 40.9 Å². The maximum atomic E-state index is 11.1. The molecule has 4 nitrogen and oxygen atoms in total. The zero-order valence-corrected chi connectivity index (χ0v) is 10.7. The quantitative estimate of drug-likeness (QED) is 0.660. The van der Waals surface area contributed by atoms with Crippen molar-refractivity contribution in [1.29, 1.82) is 0 Å². The van der Waals surface area contributed by atoms with E-state index in [2.05, 4.69) is 5.32 Å². The molecular weight excluding hydrogens is 214 g/mol. The molecule has 90 valence electrons. The Balaban J connectivity index is 3.77. The molecule has 0 aliphatic rings. The van der Waals surface area contributed by atoms with Gasteiger partial charge in [0.15, 0.2) is 0 Å². The van der Waals surface area contributed by atoms with Crippen LogP contribution in [0.1, 0.15) is 27.2 Å². The predicted octanol–water partition coefficient (Wildman–Crippen LogP) is 0.685. The molecule has 0 saturated carbocycles.